The molecular weight excluding hydrogens is 190 g/mol. The maximum absolute atomic E-state index is 9.44. The van der Waals surface area contributed by atoms with Gasteiger partial charge in [-0.2, -0.15) is 0 Å². The van der Waals surface area contributed by atoms with Crippen LogP contribution in [0.1, 0.15) is 24.9 Å². The molecule has 72 valence electrons. The average molecular weight is 202 g/mol. The molecule has 0 aromatic heterocycles. The van der Waals surface area contributed by atoms with Crippen LogP contribution in [0, 0.1) is 0 Å². The Morgan fingerprint density at radius 2 is 2.00 bits per heavy atom. The standard InChI is InChI=1S/C9H12ClNO2/c1-2-7(11)5-3-9(13)6(10)4-8(5)12/h3-4,7,12-13H,2,11H2,1H3/t7-/m1/s1. The predicted octanol–water partition coefficient (Wildman–Crippen LogP) is 2.16. The van der Waals surface area contributed by atoms with Crippen LogP contribution in [-0.2, 0) is 0 Å². The fourth-order valence-electron chi connectivity index (χ4n) is 1.08. The van der Waals surface area contributed by atoms with Gasteiger partial charge in [0, 0.05) is 17.7 Å². The number of benzene rings is 1. The van der Waals surface area contributed by atoms with Crippen molar-refractivity contribution in [1.82, 2.24) is 0 Å². The Balaban J connectivity index is 3.15. The van der Waals surface area contributed by atoms with Crippen molar-refractivity contribution in [3.8, 4) is 11.5 Å². The Bertz CT molecular complexity index is 315. The van der Waals surface area contributed by atoms with Gasteiger partial charge in [-0.1, -0.05) is 18.5 Å². The maximum atomic E-state index is 9.44. The first-order valence-corrected chi connectivity index (χ1v) is 4.41. The van der Waals surface area contributed by atoms with Crippen molar-refractivity contribution in [3.63, 3.8) is 0 Å². The molecule has 0 aliphatic carbocycles. The van der Waals surface area contributed by atoms with Crippen LogP contribution >= 0.6 is 11.6 Å². The largest absolute Gasteiger partial charge is 0.508 e. The molecule has 0 heterocycles. The first kappa shape index (κ1) is 10.2. The molecule has 0 amide bonds. The highest BCUT2D eigenvalue weighted by Gasteiger charge is 2.12. The van der Waals surface area contributed by atoms with Crippen LogP contribution in [0.3, 0.4) is 0 Å². The fourth-order valence-corrected chi connectivity index (χ4v) is 1.24. The summed E-state index contributed by atoms with van der Waals surface area (Å²) in [7, 11) is 0. The summed E-state index contributed by atoms with van der Waals surface area (Å²) in [4.78, 5) is 0. The summed E-state index contributed by atoms with van der Waals surface area (Å²) in [6.45, 7) is 1.90. The Morgan fingerprint density at radius 3 is 2.54 bits per heavy atom. The van der Waals surface area contributed by atoms with E-state index in [0.717, 1.165) is 0 Å². The molecule has 0 unspecified atom stereocenters. The van der Waals surface area contributed by atoms with Gasteiger partial charge < -0.3 is 15.9 Å². The lowest BCUT2D eigenvalue weighted by atomic mass is 10.0. The van der Waals surface area contributed by atoms with Crippen LogP contribution in [0.5, 0.6) is 11.5 Å². The number of nitrogens with two attached hydrogens (primary N) is 1. The van der Waals surface area contributed by atoms with Gasteiger partial charge in [0.2, 0.25) is 0 Å². The Hall–Kier alpha value is -0.930. The quantitative estimate of drug-likeness (QED) is 0.643. The van der Waals surface area contributed by atoms with E-state index in [1.54, 1.807) is 0 Å². The van der Waals surface area contributed by atoms with Gasteiger partial charge in [-0.3, -0.25) is 0 Å². The van der Waals surface area contributed by atoms with Gasteiger partial charge in [-0.05, 0) is 12.5 Å². The summed E-state index contributed by atoms with van der Waals surface area (Å²) in [6.07, 6.45) is 0.689. The van der Waals surface area contributed by atoms with E-state index in [1.807, 2.05) is 6.92 Å². The van der Waals surface area contributed by atoms with Crippen LogP contribution in [0.15, 0.2) is 12.1 Å². The molecule has 4 N–H and O–H groups in total. The maximum Gasteiger partial charge on any atom is 0.134 e. The number of phenols is 2. The van der Waals surface area contributed by atoms with Gasteiger partial charge in [0.25, 0.3) is 0 Å². The number of hydrogen-bond acceptors (Lipinski definition) is 3. The Labute approximate surface area is 81.8 Å². The fraction of sp³-hybridized carbons (Fsp3) is 0.333. The van der Waals surface area contributed by atoms with Gasteiger partial charge in [-0.25, -0.2) is 0 Å². The van der Waals surface area contributed by atoms with Gasteiger partial charge in [0.05, 0.1) is 5.02 Å². The van der Waals surface area contributed by atoms with Gasteiger partial charge in [0.1, 0.15) is 11.5 Å². The molecule has 0 aliphatic rings. The SMILES string of the molecule is CC[C@@H](N)c1cc(O)c(Cl)cc1O. The molecule has 1 aromatic carbocycles. The van der Waals surface area contributed by atoms with E-state index in [-0.39, 0.29) is 22.6 Å². The van der Waals surface area contributed by atoms with Crippen LogP contribution in [0.2, 0.25) is 5.02 Å². The highest BCUT2D eigenvalue weighted by Crippen LogP contribution is 2.34. The second-order valence-electron chi connectivity index (χ2n) is 2.88. The van der Waals surface area contributed by atoms with E-state index in [1.165, 1.54) is 12.1 Å². The van der Waals surface area contributed by atoms with E-state index < -0.39 is 0 Å². The molecule has 0 bridgehead atoms. The van der Waals surface area contributed by atoms with E-state index in [4.69, 9.17) is 17.3 Å². The number of aromatic hydroxyl groups is 2. The molecule has 0 saturated heterocycles. The lowest BCUT2D eigenvalue weighted by molar-refractivity contribution is 0.447. The van der Waals surface area contributed by atoms with Crippen LogP contribution in [0.4, 0.5) is 0 Å². The third-order valence-corrected chi connectivity index (χ3v) is 2.24. The minimum atomic E-state index is -0.275. The minimum Gasteiger partial charge on any atom is -0.508 e. The lowest BCUT2D eigenvalue weighted by Gasteiger charge is -2.12. The average Bonchev–Trinajstić information content (AvgIpc) is 2.10. The zero-order valence-corrected chi connectivity index (χ0v) is 8.04. The molecule has 0 spiro atoms. The van der Waals surface area contributed by atoms with Crippen molar-refractivity contribution < 1.29 is 10.2 Å². The van der Waals surface area contributed by atoms with Crippen molar-refractivity contribution >= 4 is 11.6 Å². The first-order valence-electron chi connectivity index (χ1n) is 4.03. The smallest absolute Gasteiger partial charge is 0.134 e. The number of phenolic OH excluding ortho intramolecular Hbond substituents is 2. The number of hydrogen-bond donors (Lipinski definition) is 3. The number of rotatable bonds is 2. The van der Waals surface area contributed by atoms with Crippen molar-refractivity contribution in [1.29, 1.82) is 0 Å². The summed E-state index contributed by atoms with van der Waals surface area (Å²) >= 11 is 5.58. The molecule has 13 heavy (non-hydrogen) atoms. The Morgan fingerprint density at radius 1 is 1.38 bits per heavy atom. The summed E-state index contributed by atoms with van der Waals surface area (Å²) in [5.41, 5.74) is 6.22. The molecular formula is C9H12ClNO2. The summed E-state index contributed by atoms with van der Waals surface area (Å²) in [5, 5.41) is 18.8. The van der Waals surface area contributed by atoms with Crippen molar-refractivity contribution in [2.24, 2.45) is 5.73 Å². The molecule has 1 atom stereocenters. The molecule has 0 fully saturated rings. The second-order valence-corrected chi connectivity index (χ2v) is 3.28. The topological polar surface area (TPSA) is 66.5 Å². The summed E-state index contributed by atoms with van der Waals surface area (Å²) < 4.78 is 0. The van der Waals surface area contributed by atoms with Gasteiger partial charge in [0.15, 0.2) is 0 Å². The highest BCUT2D eigenvalue weighted by molar-refractivity contribution is 6.32. The van der Waals surface area contributed by atoms with E-state index in [2.05, 4.69) is 0 Å². The molecule has 0 aliphatic heterocycles. The van der Waals surface area contributed by atoms with E-state index in [0.29, 0.717) is 12.0 Å². The summed E-state index contributed by atoms with van der Waals surface area (Å²) in [6, 6.07) is 2.41. The van der Waals surface area contributed by atoms with E-state index >= 15 is 0 Å². The third-order valence-electron chi connectivity index (χ3n) is 1.94. The molecule has 0 radical (unpaired) electrons. The van der Waals surface area contributed by atoms with Crippen LogP contribution < -0.4 is 5.73 Å². The Kier molecular flexibility index (Phi) is 3.01. The van der Waals surface area contributed by atoms with Crippen molar-refractivity contribution in [2.75, 3.05) is 0 Å². The van der Waals surface area contributed by atoms with Crippen molar-refractivity contribution in [2.45, 2.75) is 19.4 Å². The zero-order chi connectivity index (χ0) is 10.0. The molecule has 0 saturated carbocycles. The third kappa shape index (κ3) is 2.05. The van der Waals surface area contributed by atoms with Crippen molar-refractivity contribution in [3.05, 3.63) is 22.7 Å². The van der Waals surface area contributed by atoms with Crippen LogP contribution in [-0.4, -0.2) is 10.2 Å². The highest BCUT2D eigenvalue weighted by atomic mass is 35.5. The molecule has 4 heteroatoms. The zero-order valence-electron chi connectivity index (χ0n) is 7.29. The predicted molar refractivity (Wildman–Crippen MR) is 52.0 cm³/mol. The molecule has 3 nitrogen and oxygen atoms in total. The summed E-state index contributed by atoms with van der Waals surface area (Å²) in [5.74, 6) is -0.0319. The first-order chi connectivity index (χ1) is 6.06. The second kappa shape index (κ2) is 3.85. The molecule has 1 rings (SSSR count). The van der Waals surface area contributed by atoms with E-state index in [9.17, 15) is 10.2 Å². The van der Waals surface area contributed by atoms with Gasteiger partial charge in [-0.15, -0.1) is 0 Å². The monoisotopic (exact) mass is 201 g/mol. The normalized spacial score (nSPS) is 12.8. The van der Waals surface area contributed by atoms with Crippen LogP contribution in [0.25, 0.3) is 0 Å². The number of halogens is 1. The van der Waals surface area contributed by atoms with Gasteiger partial charge >= 0.3 is 0 Å². The molecule has 1 aromatic rings. The minimum absolute atomic E-state index is 0.0251. The lowest BCUT2D eigenvalue weighted by Crippen LogP contribution is -2.08.